The molecule has 1 nitrogen and oxygen atoms in total. The van der Waals surface area contributed by atoms with Crippen LogP contribution < -0.4 is 0 Å². The molecule has 0 N–H and O–H groups in total. The first-order chi connectivity index (χ1) is 5.36. The van der Waals surface area contributed by atoms with E-state index in [2.05, 4.69) is 19.1 Å². The van der Waals surface area contributed by atoms with Crippen LogP contribution in [0.2, 0.25) is 0 Å². The van der Waals surface area contributed by atoms with E-state index in [0.717, 1.165) is 12.2 Å². The van der Waals surface area contributed by atoms with E-state index in [1.165, 1.54) is 24.8 Å². The van der Waals surface area contributed by atoms with Crippen molar-refractivity contribution in [3.8, 4) is 0 Å². The van der Waals surface area contributed by atoms with Crippen LogP contribution in [0.4, 0.5) is 0 Å². The average Bonchev–Trinajstić information content (AvgIpc) is 2.04. The molecule has 0 saturated carbocycles. The van der Waals surface area contributed by atoms with Crippen LogP contribution >= 0.6 is 0 Å². The van der Waals surface area contributed by atoms with Crippen molar-refractivity contribution in [3.63, 3.8) is 0 Å². The lowest BCUT2D eigenvalue weighted by atomic mass is 9.96. The van der Waals surface area contributed by atoms with Crippen LogP contribution in [0.1, 0.15) is 32.6 Å². The smallest absolute Gasteiger partial charge is 0.118 e. The fourth-order valence-corrected chi connectivity index (χ4v) is 1.69. The van der Waals surface area contributed by atoms with Gasteiger partial charge in [0.15, 0.2) is 0 Å². The summed E-state index contributed by atoms with van der Waals surface area (Å²) in [6.45, 7) is 2.15. The maximum Gasteiger partial charge on any atom is 0.118 e. The molecule has 0 aromatic heterocycles. The molecule has 0 radical (unpaired) electrons. The van der Waals surface area contributed by atoms with Gasteiger partial charge in [-0.05, 0) is 44.3 Å². The van der Waals surface area contributed by atoms with Crippen molar-refractivity contribution in [2.45, 2.75) is 38.7 Å². The van der Waals surface area contributed by atoms with Crippen LogP contribution in [0.3, 0.4) is 0 Å². The number of ether oxygens (including phenoxy) is 1. The molecule has 0 bridgehead atoms. The van der Waals surface area contributed by atoms with Gasteiger partial charge >= 0.3 is 0 Å². The van der Waals surface area contributed by atoms with E-state index in [0.29, 0.717) is 6.10 Å². The number of rotatable bonds is 0. The van der Waals surface area contributed by atoms with Crippen molar-refractivity contribution < 1.29 is 4.74 Å². The van der Waals surface area contributed by atoms with Crippen molar-refractivity contribution in [2.75, 3.05) is 0 Å². The number of allylic oxidation sites excluding steroid dienone is 3. The van der Waals surface area contributed by atoms with Crippen LogP contribution in [0.5, 0.6) is 0 Å². The summed E-state index contributed by atoms with van der Waals surface area (Å²) in [6.07, 6.45) is 9.74. The minimum Gasteiger partial charge on any atom is -0.491 e. The van der Waals surface area contributed by atoms with E-state index in [9.17, 15) is 0 Å². The first kappa shape index (κ1) is 6.96. The average molecular weight is 150 g/mol. The van der Waals surface area contributed by atoms with Crippen molar-refractivity contribution in [3.05, 3.63) is 23.5 Å². The molecular weight excluding hydrogens is 136 g/mol. The van der Waals surface area contributed by atoms with Crippen molar-refractivity contribution in [1.29, 1.82) is 0 Å². The van der Waals surface area contributed by atoms with Crippen LogP contribution in [0, 0.1) is 0 Å². The molecule has 60 valence electrons. The van der Waals surface area contributed by atoms with E-state index in [1.54, 1.807) is 0 Å². The predicted octanol–water partition coefficient (Wildman–Crippen LogP) is 2.79. The lowest BCUT2D eigenvalue weighted by Gasteiger charge is -2.27. The molecule has 1 heterocycles. The summed E-state index contributed by atoms with van der Waals surface area (Å²) in [5, 5.41) is 0. The topological polar surface area (TPSA) is 9.23 Å². The van der Waals surface area contributed by atoms with Gasteiger partial charge in [-0.2, -0.15) is 0 Å². The van der Waals surface area contributed by atoms with Crippen molar-refractivity contribution in [1.82, 2.24) is 0 Å². The summed E-state index contributed by atoms with van der Waals surface area (Å²) in [7, 11) is 0. The largest absolute Gasteiger partial charge is 0.491 e. The van der Waals surface area contributed by atoms with Gasteiger partial charge < -0.3 is 4.74 Å². The lowest BCUT2D eigenvalue weighted by Crippen LogP contribution is -2.16. The van der Waals surface area contributed by atoms with Crippen LogP contribution in [0.15, 0.2) is 23.5 Å². The molecule has 1 aliphatic carbocycles. The van der Waals surface area contributed by atoms with Crippen LogP contribution in [-0.4, -0.2) is 6.10 Å². The fraction of sp³-hybridized carbons (Fsp3) is 0.600. The number of hydrogen-bond acceptors (Lipinski definition) is 1. The zero-order valence-corrected chi connectivity index (χ0v) is 6.97. The van der Waals surface area contributed by atoms with Crippen LogP contribution in [0.25, 0.3) is 0 Å². The van der Waals surface area contributed by atoms with Gasteiger partial charge in [0.2, 0.25) is 0 Å². The molecule has 0 amide bonds. The predicted molar refractivity (Wildman–Crippen MR) is 45.2 cm³/mol. The van der Waals surface area contributed by atoms with Crippen molar-refractivity contribution >= 4 is 0 Å². The molecule has 2 aliphatic rings. The van der Waals surface area contributed by atoms with E-state index in [1.807, 2.05) is 0 Å². The van der Waals surface area contributed by atoms with Crippen LogP contribution in [-0.2, 0) is 4.74 Å². The molecule has 1 unspecified atom stereocenters. The quantitative estimate of drug-likeness (QED) is 0.516. The highest BCUT2D eigenvalue weighted by Crippen LogP contribution is 2.30. The van der Waals surface area contributed by atoms with Gasteiger partial charge in [-0.3, -0.25) is 0 Å². The third kappa shape index (κ3) is 1.32. The molecule has 0 spiro atoms. The van der Waals surface area contributed by atoms with E-state index < -0.39 is 0 Å². The molecule has 1 aliphatic heterocycles. The third-order valence-corrected chi connectivity index (χ3v) is 2.35. The molecule has 1 atom stereocenters. The summed E-state index contributed by atoms with van der Waals surface area (Å²) < 4.78 is 5.68. The maximum absolute atomic E-state index is 5.68. The SMILES string of the molecule is CC1CCC2=CCCC=C2O1. The van der Waals surface area contributed by atoms with Gasteiger partial charge in [-0.15, -0.1) is 0 Å². The fourth-order valence-electron chi connectivity index (χ4n) is 1.69. The summed E-state index contributed by atoms with van der Waals surface area (Å²) in [5.41, 5.74) is 1.44. The molecule has 11 heavy (non-hydrogen) atoms. The minimum absolute atomic E-state index is 0.427. The monoisotopic (exact) mass is 150 g/mol. The summed E-state index contributed by atoms with van der Waals surface area (Å²) in [6, 6.07) is 0. The van der Waals surface area contributed by atoms with E-state index in [-0.39, 0.29) is 0 Å². The first-order valence-corrected chi connectivity index (χ1v) is 4.42. The van der Waals surface area contributed by atoms with Gasteiger partial charge in [0.1, 0.15) is 5.76 Å². The second-order valence-corrected chi connectivity index (χ2v) is 3.34. The number of hydrogen-bond donors (Lipinski definition) is 0. The molecule has 0 aromatic carbocycles. The Labute approximate surface area is 67.7 Å². The highest BCUT2D eigenvalue weighted by atomic mass is 16.5. The Kier molecular flexibility index (Phi) is 1.72. The highest BCUT2D eigenvalue weighted by molar-refractivity contribution is 5.30. The summed E-state index contributed by atoms with van der Waals surface area (Å²) in [5.74, 6) is 1.16. The lowest BCUT2D eigenvalue weighted by molar-refractivity contribution is 0.108. The molecule has 1 fully saturated rings. The van der Waals surface area contributed by atoms with Gasteiger partial charge in [0.05, 0.1) is 6.10 Å². The number of fused-ring (bicyclic) bond motifs is 1. The first-order valence-electron chi connectivity index (χ1n) is 4.42. The second kappa shape index (κ2) is 2.72. The molecular formula is C10H14O. The molecule has 1 saturated heterocycles. The Balaban J connectivity index is 2.16. The van der Waals surface area contributed by atoms with Gasteiger partial charge in [0, 0.05) is 0 Å². The van der Waals surface area contributed by atoms with Gasteiger partial charge in [-0.1, -0.05) is 6.08 Å². The standard InChI is InChI=1S/C10H14O/c1-8-6-7-9-4-2-3-5-10(9)11-8/h4-5,8H,2-3,6-7H2,1H3. The summed E-state index contributed by atoms with van der Waals surface area (Å²) in [4.78, 5) is 0. The van der Waals surface area contributed by atoms with Gasteiger partial charge in [-0.25, -0.2) is 0 Å². The summed E-state index contributed by atoms with van der Waals surface area (Å²) >= 11 is 0. The van der Waals surface area contributed by atoms with E-state index >= 15 is 0 Å². The van der Waals surface area contributed by atoms with E-state index in [4.69, 9.17) is 4.74 Å². The Hall–Kier alpha value is -0.720. The molecule has 0 aromatic rings. The Morgan fingerprint density at radius 3 is 3.09 bits per heavy atom. The van der Waals surface area contributed by atoms with Gasteiger partial charge in [0.25, 0.3) is 0 Å². The zero-order chi connectivity index (χ0) is 7.68. The minimum atomic E-state index is 0.427. The Bertz CT molecular complexity index is 213. The maximum atomic E-state index is 5.68. The third-order valence-electron chi connectivity index (χ3n) is 2.35. The molecule has 1 heteroatoms. The zero-order valence-electron chi connectivity index (χ0n) is 6.97. The Morgan fingerprint density at radius 2 is 2.18 bits per heavy atom. The molecule has 2 rings (SSSR count). The Morgan fingerprint density at radius 1 is 1.36 bits per heavy atom. The normalized spacial score (nSPS) is 29.7. The second-order valence-electron chi connectivity index (χ2n) is 3.34. The highest BCUT2D eigenvalue weighted by Gasteiger charge is 2.19. The van der Waals surface area contributed by atoms with Crippen molar-refractivity contribution in [2.24, 2.45) is 0 Å².